The van der Waals surface area contributed by atoms with Crippen molar-refractivity contribution in [1.82, 2.24) is 4.90 Å². The number of amides is 1. The minimum Gasteiger partial charge on any atom is -0.458 e. The second-order valence-electron chi connectivity index (χ2n) is 6.75. The van der Waals surface area contributed by atoms with Crippen LogP contribution in [-0.4, -0.2) is 52.0 Å². The molecule has 1 fully saturated rings. The SMILES string of the molecule is [2H]C1([2H])[C@H](O)CN(C(=O)OC(C)(C)C)[C@@H]1C(=O)OC(C)(C)C. The van der Waals surface area contributed by atoms with Gasteiger partial charge in [0.2, 0.25) is 0 Å². The van der Waals surface area contributed by atoms with Gasteiger partial charge in [0.05, 0.1) is 12.6 Å². The van der Waals surface area contributed by atoms with Gasteiger partial charge >= 0.3 is 12.1 Å². The fourth-order valence-corrected chi connectivity index (χ4v) is 1.67. The zero-order valence-corrected chi connectivity index (χ0v) is 12.9. The number of esters is 1. The molecule has 1 aliphatic rings. The Bertz CT molecular complexity index is 453. The highest BCUT2D eigenvalue weighted by atomic mass is 16.6. The van der Waals surface area contributed by atoms with Crippen molar-refractivity contribution in [1.29, 1.82) is 0 Å². The molecule has 0 aromatic rings. The third-order valence-electron chi connectivity index (χ3n) is 2.29. The lowest BCUT2D eigenvalue weighted by Gasteiger charge is -2.29. The highest BCUT2D eigenvalue weighted by Gasteiger charge is 2.42. The number of ether oxygens (including phenoxy) is 2. The maximum atomic E-state index is 12.3. The van der Waals surface area contributed by atoms with E-state index in [1.165, 1.54) is 0 Å². The van der Waals surface area contributed by atoms with E-state index in [4.69, 9.17) is 12.2 Å². The van der Waals surface area contributed by atoms with Crippen molar-refractivity contribution in [3.63, 3.8) is 0 Å². The van der Waals surface area contributed by atoms with Crippen LogP contribution >= 0.6 is 0 Å². The van der Waals surface area contributed by atoms with Gasteiger partial charge in [-0.25, -0.2) is 9.59 Å². The van der Waals surface area contributed by atoms with Crippen LogP contribution < -0.4 is 0 Å². The van der Waals surface area contributed by atoms with Crippen LogP contribution in [-0.2, 0) is 14.3 Å². The van der Waals surface area contributed by atoms with Crippen molar-refractivity contribution < 1.29 is 26.9 Å². The number of likely N-dealkylation sites (tertiary alicyclic amines) is 1. The van der Waals surface area contributed by atoms with Gasteiger partial charge in [0.25, 0.3) is 0 Å². The Balaban J connectivity index is 3.05. The summed E-state index contributed by atoms with van der Waals surface area (Å²) in [6.07, 6.45) is -4.65. The minimum atomic E-state index is -2.31. The number of carbonyl (C=O) groups is 2. The second kappa shape index (κ2) is 5.60. The first-order chi connectivity index (χ1) is 9.65. The Labute approximate surface area is 122 Å². The van der Waals surface area contributed by atoms with Crippen LogP contribution in [0.5, 0.6) is 0 Å². The number of aliphatic hydroxyl groups is 1. The highest BCUT2D eigenvalue weighted by molar-refractivity contribution is 5.82. The number of hydrogen-bond donors (Lipinski definition) is 1. The van der Waals surface area contributed by atoms with Crippen LogP contribution in [0.15, 0.2) is 0 Å². The lowest BCUT2D eigenvalue weighted by atomic mass is 10.1. The molecule has 0 spiro atoms. The van der Waals surface area contributed by atoms with E-state index in [2.05, 4.69) is 0 Å². The molecule has 1 N–H and O–H groups in total. The number of rotatable bonds is 1. The van der Waals surface area contributed by atoms with E-state index >= 15 is 0 Å². The fraction of sp³-hybridized carbons (Fsp3) is 0.857. The maximum absolute atomic E-state index is 12.3. The molecule has 1 aliphatic heterocycles. The third kappa shape index (κ3) is 5.00. The molecule has 116 valence electrons. The molecule has 1 rings (SSSR count). The molecule has 0 radical (unpaired) electrons. The summed E-state index contributed by atoms with van der Waals surface area (Å²) in [6.45, 7) is 9.58. The molecule has 20 heavy (non-hydrogen) atoms. The van der Waals surface area contributed by atoms with Crippen molar-refractivity contribution in [2.45, 2.75) is 71.3 Å². The summed E-state index contributed by atoms with van der Waals surface area (Å²) >= 11 is 0. The molecule has 0 aromatic heterocycles. The van der Waals surface area contributed by atoms with Crippen LogP contribution in [0.3, 0.4) is 0 Å². The van der Waals surface area contributed by atoms with Gasteiger partial charge in [0, 0.05) is 9.11 Å². The molecular weight excluding hydrogens is 262 g/mol. The Morgan fingerprint density at radius 3 is 2.10 bits per heavy atom. The molecule has 6 nitrogen and oxygen atoms in total. The van der Waals surface area contributed by atoms with Crippen LogP contribution in [0, 0.1) is 0 Å². The summed E-state index contributed by atoms with van der Waals surface area (Å²) in [7, 11) is 0. The third-order valence-corrected chi connectivity index (χ3v) is 2.29. The van der Waals surface area contributed by atoms with Gasteiger partial charge in [-0.2, -0.15) is 0 Å². The molecule has 0 aromatic carbocycles. The molecule has 1 amide bonds. The summed E-state index contributed by atoms with van der Waals surface area (Å²) in [5.74, 6) is -0.903. The quantitative estimate of drug-likeness (QED) is 0.744. The molecule has 1 heterocycles. The van der Waals surface area contributed by atoms with Gasteiger partial charge in [-0.3, -0.25) is 4.90 Å². The molecule has 0 aliphatic carbocycles. The average Bonchev–Trinajstić information content (AvgIpc) is 2.45. The van der Waals surface area contributed by atoms with Crippen molar-refractivity contribution in [3.05, 3.63) is 0 Å². The van der Waals surface area contributed by atoms with E-state index in [9.17, 15) is 14.7 Å². The number of hydrogen-bond acceptors (Lipinski definition) is 5. The number of carbonyl (C=O) groups excluding carboxylic acids is 2. The Morgan fingerprint density at radius 2 is 1.65 bits per heavy atom. The van der Waals surface area contributed by atoms with Gasteiger partial charge in [-0.15, -0.1) is 0 Å². The van der Waals surface area contributed by atoms with Crippen molar-refractivity contribution in [2.75, 3.05) is 6.54 Å². The molecule has 2 atom stereocenters. The highest BCUT2D eigenvalue weighted by Crippen LogP contribution is 2.24. The first-order valence-corrected chi connectivity index (χ1v) is 6.56. The van der Waals surface area contributed by atoms with Crippen LogP contribution in [0.1, 0.15) is 50.7 Å². The van der Waals surface area contributed by atoms with Gasteiger partial charge in [0.1, 0.15) is 17.2 Å². The van der Waals surface area contributed by atoms with Gasteiger partial charge in [-0.05, 0) is 41.5 Å². The normalized spacial score (nSPS) is 27.6. The summed E-state index contributed by atoms with van der Waals surface area (Å²) in [4.78, 5) is 25.4. The van der Waals surface area contributed by atoms with Gasteiger partial charge in [-0.1, -0.05) is 0 Å². The van der Waals surface area contributed by atoms with E-state index in [0.717, 1.165) is 4.90 Å². The summed E-state index contributed by atoms with van der Waals surface area (Å²) in [5.41, 5.74) is -1.63. The van der Waals surface area contributed by atoms with E-state index in [1.807, 2.05) is 0 Å². The maximum Gasteiger partial charge on any atom is 0.411 e. The zero-order chi connectivity index (χ0) is 17.5. The van der Waals surface area contributed by atoms with Crippen LogP contribution in [0.2, 0.25) is 0 Å². The Morgan fingerprint density at radius 1 is 1.15 bits per heavy atom. The van der Waals surface area contributed by atoms with Crippen molar-refractivity contribution in [3.8, 4) is 0 Å². The first-order valence-electron chi connectivity index (χ1n) is 7.56. The average molecular weight is 289 g/mol. The predicted molar refractivity (Wildman–Crippen MR) is 73.2 cm³/mol. The zero-order valence-electron chi connectivity index (χ0n) is 14.9. The standard InChI is InChI=1S/C14H25NO5/c1-13(2,3)19-11(17)10-7-9(16)8-15(10)12(18)20-14(4,5)6/h9-10,16H,7-8H2,1-6H3/t9-,10-/m0/s1/i7D2. The summed E-state index contributed by atoms with van der Waals surface area (Å²) < 4.78 is 26.2. The number of nitrogens with zero attached hydrogens (tertiary/aromatic N) is 1. The first kappa shape index (κ1) is 13.7. The van der Waals surface area contributed by atoms with Crippen LogP contribution in [0.25, 0.3) is 0 Å². The molecule has 0 bridgehead atoms. The van der Waals surface area contributed by atoms with Gasteiger partial charge in [0.15, 0.2) is 0 Å². The number of aliphatic hydroxyl groups excluding tert-OH is 1. The van der Waals surface area contributed by atoms with Crippen molar-refractivity contribution in [2.24, 2.45) is 0 Å². The second-order valence-corrected chi connectivity index (χ2v) is 6.75. The predicted octanol–water partition coefficient (Wildman–Crippen LogP) is 1.70. The largest absolute Gasteiger partial charge is 0.458 e. The van der Waals surface area contributed by atoms with E-state index < -0.39 is 41.8 Å². The van der Waals surface area contributed by atoms with Crippen molar-refractivity contribution >= 4 is 12.1 Å². The van der Waals surface area contributed by atoms with Crippen LogP contribution in [0.4, 0.5) is 4.79 Å². The monoisotopic (exact) mass is 289 g/mol. The summed E-state index contributed by atoms with van der Waals surface area (Å²) in [6, 6.07) is -1.54. The topological polar surface area (TPSA) is 76.1 Å². The smallest absolute Gasteiger partial charge is 0.411 e. The fourth-order valence-electron chi connectivity index (χ4n) is 1.67. The molecule has 0 unspecified atom stereocenters. The van der Waals surface area contributed by atoms with Gasteiger partial charge < -0.3 is 14.6 Å². The lowest BCUT2D eigenvalue weighted by molar-refractivity contribution is -0.160. The Hall–Kier alpha value is -1.30. The molecule has 0 saturated carbocycles. The lowest BCUT2D eigenvalue weighted by Crippen LogP contribution is -2.45. The Kier molecular flexibility index (Phi) is 3.83. The van der Waals surface area contributed by atoms with E-state index in [1.54, 1.807) is 41.5 Å². The number of β-amino-alcohol motifs (C(OH)–C–C–N with tert-alkyl or cyclic N) is 1. The molecule has 6 heteroatoms. The van der Waals surface area contributed by atoms with E-state index in [-0.39, 0.29) is 6.54 Å². The molecular formula is C14H25NO5. The summed E-state index contributed by atoms with van der Waals surface area (Å²) in [5, 5.41) is 9.86. The minimum absolute atomic E-state index is 0.328. The molecule has 1 saturated heterocycles. The van der Waals surface area contributed by atoms with E-state index in [0.29, 0.717) is 0 Å².